The number of nitrogens with one attached hydrogen (secondary N) is 2. The third-order valence-corrected chi connectivity index (χ3v) is 6.02. The summed E-state index contributed by atoms with van der Waals surface area (Å²) in [6.45, 7) is 1.44. The molecule has 3 aromatic carbocycles. The second kappa shape index (κ2) is 9.80. The van der Waals surface area contributed by atoms with Crippen LogP contribution in [0.15, 0.2) is 77.7 Å². The molecule has 162 valence electrons. The number of benzene rings is 3. The highest BCUT2D eigenvalue weighted by Gasteiger charge is 2.17. The molecule has 0 bridgehead atoms. The highest BCUT2D eigenvalue weighted by atomic mass is 35.5. The zero-order valence-corrected chi connectivity index (χ0v) is 18.1. The van der Waals surface area contributed by atoms with Crippen LogP contribution in [0.25, 0.3) is 0 Å². The van der Waals surface area contributed by atoms with Gasteiger partial charge >= 0.3 is 0 Å². The zero-order valence-electron chi connectivity index (χ0n) is 16.5. The van der Waals surface area contributed by atoms with Gasteiger partial charge < -0.3 is 10.1 Å². The van der Waals surface area contributed by atoms with E-state index in [1.807, 2.05) is 0 Å². The predicted molar refractivity (Wildman–Crippen MR) is 117 cm³/mol. The second-order valence-corrected chi connectivity index (χ2v) is 8.78. The normalized spacial score (nSPS) is 12.1. The van der Waals surface area contributed by atoms with Gasteiger partial charge in [-0.05, 0) is 55.0 Å². The van der Waals surface area contributed by atoms with Crippen molar-refractivity contribution in [3.05, 3.63) is 89.2 Å². The lowest BCUT2D eigenvalue weighted by atomic mass is 10.1. The average molecular weight is 463 g/mol. The van der Waals surface area contributed by atoms with E-state index in [0.29, 0.717) is 5.69 Å². The van der Waals surface area contributed by atoms with Crippen molar-refractivity contribution in [2.75, 3.05) is 11.3 Å². The van der Waals surface area contributed by atoms with E-state index in [-0.39, 0.29) is 34.1 Å². The monoisotopic (exact) mass is 462 g/mol. The molecule has 3 aromatic rings. The van der Waals surface area contributed by atoms with E-state index in [0.717, 1.165) is 5.56 Å². The van der Waals surface area contributed by atoms with E-state index < -0.39 is 15.9 Å². The Labute approximate surface area is 185 Å². The van der Waals surface area contributed by atoms with Crippen LogP contribution in [0.3, 0.4) is 0 Å². The van der Waals surface area contributed by atoms with Crippen molar-refractivity contribution in [2.45, 2.75) is 17.9 Å². The molecule has 0 aromatic heterocycles. The maximum absolute atomic E-state index is 13.0. The lowest BCUT2D eigenvalue weighted by molar-refractivity contribution is -0.123. The van der Waals surface area contributed by atoms with Crippen LogP contribution in [-0.4, -0.2) is 20.9 Å². The molecule has 0 saturated heterocycles. The van der Waals surface area contributed by atoms with Crippen molar-refractivity contribution < 1.29 is 22.3 Å². The first-order valence-electron chi connectivity index (χ1n) is 9.29. The Balaban J connectivity index is 1.60. The summed E-state index contributed by atoms with van der Waals surface area (Å²) in [6, 6.07) is 17.9. The number of rotatable bonds is 8. The van der Waals surface area contributed by atoms with Crippen LogP contribution in [0.5, 0.6) is 5.75 Å². The first-order valence-corrected chi connectivity index (χ1v) is 11.2. The molecule has 0 fully saturated rings. The standard InChI is InChI=1S/C22H20ClFN2O4S/c1-15(16-7-9-17(24)10-8-16)25-22(27)14-30-21-12-11-19(13-20(21)23)31(28,29)26-18-5-3-2-4-6-18/h2-13,15,26H,14H2,1H3,(H,25,27)/t15-/m1/s1. The second-order valence-electron chi connectivity index (χ2n) is 6.69. The molecule has 9 heteroatoms. The minimum atomic E-state index is -3.83. The molecular formula is C22H20ClFN2O4S. The molecule has 0 aliphatic rings. The third-order valence-electron chi connectivity index (χ3n) is 4.35. The summed E-state index contributed by atoms with van der Waals surface area (Å²) in [5.41, 5.74) is 1.17. The number of amides is 1. The summed E-state index contributed by atoms with van der Waals surface area (Å²) in [6.07, 6.45) is 0. The largest absolute Gasteiger partial charge is 0.482 e. The molecule has 31 heavy (non-hydrogen) atoms. The fraction of sp³-hybridized carbons (Fsp3) is 0.136. The molecular weight excluding hydrogens is 443 g/mol. The summed E-state index contributed by atoms with van der Waals surface area (Å²) in [4.78, 5) is 12.1. The van der Waals surface area contributed by atoms with Crippen molar-refractivity contribution >= 4 is 33.2 Å². The van der Waals surface area contributed by atoms with E-state index in [1.54, 1.807) is 49.4 Å². The summed E-state index contributed by atoms with van der Waals surface area (Å²) in [5.74, 6) is -0.593. The Morgan fingerprint density at radius 3 is 2.39 bits per heavy atom. The van der Waals surface area contributed by atoms with Gasteiger partial charge in [-0.25, -0.2) is 12.8 Å². The Kier molecular flexibility index (Phi) is 7.14. The van der Waals surface area contributed by atoms with E-state index in [2.05, 4.69) is 10.0 Å². The summed E-state index contributed by atoms with van der Waals surface area (Å²) in [7, 11) is -3.83. The molecule has 2 N–H and O–H groups in total. The van der Waals surface area contributed by atoms with Crippen molar-refractivity contribution in [1.82, 2.24) is 5.32 Å². The molecule has 1 atom stereocenters. The number of carbonyl (C=O) groups excluding carboxylic acids is 1. The highest BCUT2D eigenvalue weighted by molar-refractivity contribution is 7.92. The molecule has 3 rings (SSSR count). The third kappa shape index (κ3) is 6.19. The molecule has 6 nitrogen and oxygen atoms in total. The molecule has 0 spiro atoms. The number of halogens is 2. The minimum Gasteiger partial charge on any atom is -0.482 e. The number of sulfonamides is 1. The van der Waals surface area contributed by atoms with Gasteiger partial charge in [0.15, 0.2) is 6.61 Å². The topological polar surface area (TPSA) is 84.5 Å². The van der Waals surface area contributed by atoms with Crippen LogP contribution in [0.2, 0.25) is 5.02 Å². The smallest absolute Gasteiger partial charge is 0.261 e. The first kappa shape index (κ1) is 22.6. The Hall–Kier alpha value is -3.10. The van der Waals surface area contributed by atoms with E-state index in [9.17, 15) is 17.6 Å². The van der Waals surface area contributed by atoms with Gasteiger partial charge in [0, 0.05) is 5.69 Å². The van der Waals surface area contributed by atoms with E-state index in [4.69, 9.17) is 16.3 Å². The maximum Gasteiger partial charge on any atom is 0.261 e. The molecule has 0 radical (unpaired) electrons. The number of hydrogen-bond acceptors (Lipinski definition) is 4. The maximum atomic E-state index is 13.0. The summed E-state index contributed by atoms with van der Waals surface area (Å²) in [5, 5.41) is 2.78. The summed E-state index contributed by atoms with van der Waals surface area (Å²) < 4.78 is 45.9. The van der Waals surface area contributed by atoms with Gasteiger partial charge in [0.05, 0.1) is 16.0 Å². The minimum absolute atomic E-state index is 0.0388. The quantitative estimate of drug-likeness (QED) is 0.515. The van der Waals surface area contributed by atoms with Crippen LogP contribution in [0, 0.1) is 5.82 Å². The van der Waals surface area contributed by atoms with Crippen molar-refractivity contribution in [3.8, 4) is 5.75 Å². The predicted octanol–water partition coefficient (Wildman–Crippen LogP) is 4.54. The van der Waals surface area contributed by atoms with Gasteiger partial charge in [0.25, 0.3) is 15.9 Å². The van der Waals surface area contributed by atoms with Crippen molar-refractivity contribution in [3.63, 3.8) is 0 Å². The number of carbonyl (C=O) groups is 1. The van der Waals surface area contributed by atoms with Crippen molar-refractivity contribution in [2.24, 2.45) is 0 Å². The van der Waals surface area contributed by atoms with E-state index in [1.165, 1.54) is 30.3 Å². The fourth-order valence-corrected chi connectivity index (χ4v) is 4.13. The van der Waals surface area contributed by atoms with Crippen LogP contribution in [0.4, 0.5) is 10.1 Å². The molecule has 0 aliphatic carbocycles. The highest BCUT2D eigenvalue weighted by Crippen LogP contribution is 2.28. The lowest BCUT2D eigenvalue weighted by Crippen LogP contribution is -2.31. The van der Waals surface area contributed by atoms with Crippen LogP contribution < -0.4 is 14.8 Å². The summed E-state index contributed by atoms with van der Waals surface area (Å²) >= 11 is 6.15. The lowest BCUT2D eigenvalue weighted by Gasteiger charge is -2.15. The van der Waals surface area contributed by atoms with Gasteiger partial charge in [0.2, 0.25) is 0 Å². The van der Waals surface area contributed by atoms with Crippen LogP contribution in [-0.2, 0) is 14.8 Å². The molecule has 0 heterocycles. The Morgan fingerprint density at radius 2 is 1.74 bits per heavy atom. The zero-order chi connectivity index (χ0) is 22.4. The Morgan fingerprint density at radius 1 is 1.06 bits per heavy atom. The van der Waals surface area contributed by atoms with Gasteiger partial charge in [-0.2, -0.15) is 0 Å². The Bertz CT molecular complexity index is 1160. The van der Waals surface area contributed by atoms with Crippen molar-refractivity contribution in [1.29, 1.82) is 0 Å². The molecule has 0 aliphatic heterocycles. The average Bonchev–Trinajstić information content (AvgIpc) is 2.73. The number of hydrogen-bond donors (Lipinski definition) is 2. The number of ether oxygens (including phenoxy) is 1. The molecule has 0 unspecified atom stereocenters. The first-order chi connectivity index (χ1) is 14.7. The van der Waals surface area contributed by atoms with Gasteiger partial charge in [-0.1, -0.05) is 41.9 Å². The van der Waals surface area contributed by atoms with Gasteiger partial charge in [0.1, 0.15) is 11.6 Å². The molecule has 1 amide bonds. The van der Waals surface area contributed by atoms with Crippen LogP contribution >= 0.6 is 11.6 Å². The van der Waals surface area contributed by atoms with Gasteiger partial charge in [-0.15, -0.1) is 0 Å². The number of para-hydroxylation sites is 1. The van der Waals surface area contributed by atoms with Gasteiger partial charge in [-0.3, -0.25) is 9.52 Å². The van der Waals surface area contributed by atoms with Crippen LogP contribution in [0.1, 0.15) is 18.5 Å². The molecule has 0 saturated carbocycles. The number of anilines is 1. The van der Waals surface area contributed by atoms with E-state index >= 15 is 0 Å². The SMILES string of the molecule is C[C@@H](NC(=O)COc1ccc(S(=O)(=O)Nc2ccccc2)cc1Cl)c1ccc(F)cc1. The fourth-order valence-electron chi connectivity index (χ4n) is 2.75.